The standard InChI is InChI=1S/C16H13ClN2O3/c17-12-7-5-11(6-8-12)14(20)9-21-15-4-2-1-3-13(15)16-19-18-10-22-16/h1-8,10,14,20H,9H2. The third-order valence-corrected chi connectivity index (χ3v) is 3.38. The molecule has 6 heteroatoms. The van der Waals surface area contributed by atoms with Gasteiger partial charge in [-0.15, -0.1) is 10.2 Å². The van der Waals surface area contributed by atoms with Crippen LogP contribution in [0.1, 0.15) is 11.7 Å². The number of aliphatic hydroxyl groups excluding tert-OH is 1. The minimum Gasteiger partial charge on any atom is -0.490 e. The zero-order valence-electron chi connectivity index (χ0n) is 11.5. The Balaban J connectivity index is 1.73. The third-order valence-electron chi connectivity index (χ3n) is 3.13. The van der Waals surface area contributed by atoms with E-state index < -0.39 is 6.10 Å². The van der Waals surface area contributed by atoms with E-state index in [0.29, 0.717) is 22.2 Å². The second-order valence-electron chi connectivity index (χ2n) is 4.62. The molecule has 1 aromatic heterocycles. The average molecular weight is 317 g/mol. The maximum atomic E-state index is 10.2. The summed E-state index contributed by atoms with van der Waals surface area (Å²) in [7, 11) is 0. The Kier molecular flexibility index (Phi) is 4.37. The summed E-state index contributed by atoms with van der Waals surface area (Å²) in [5.41, 5.74) is 1.42. The summed E-state index contributed by atoms with van der Waals surface area (Å²) >= 11 is 5.83. The number of para-hydroxylation sites is 1. The van der Waals surface area contributed by atoms with Crippen LogP contribution in [0.3, 0.4) is 0 Å². The molecule has 0 bridgehead atoms. The van der Waals surface area contributed by atoms with Gasteiger partial charge in [0, 0.05) is 5.02 Å². The van der Waals surface area contributed by atoms with E-state index in [-0.39, 0.29) is 6.61 Å². The lowest BCUT2D eigenvalue weighted by molar-refractivity contribution is 0.108. The Labute approximate surface area is 132 Å². The fourth-order valence-electron chi connectivity index (χ4n) is 2.01. The maximum Gasteiger partial charge on any atom is 0.251 e. The van der Waals surface area contributed by atoms with Crippen molar-refractivity contribution in [2.45, 2.75) is 6.10 Å². The van der Waals surface area contributed by atoms with E-state index in [9.17, 15) is 5.11 Å². The van der Waals surface area contributed by atoms with Crippen molar-refractivity contribution >= 4 is 11.6 Å². The van der Waals surface area contributed by atoms with Gasteiger partial charge in [0.05, 0.1) is 5.56 Å². The summed E-state index contributed by atoms with van der Waals surface area (Å²) in [6.45, 7) is 0.104. The predicted octanol–water partition coefficient (Wildman–Crippen LogP) is 3.50. The molecular formula is C16H13ClN2O3. The second kappa shape index (κ2) is 6.60. The summed E-state index contributed by atoms with van der Waals surface area (Å²) < 4.78 is 10.9. The van der Waals surface area contributed by atoms with Crippen LogP contribution in [0.25, 0.3) is 11.5 Å². The van der Waals surface area contributed by atoms with Crippen LogP contribution in [0.2, 0.25) is 5.02 Å². The second-order valence-corrected chi connectivity index (χ2v) is 5.05. The van der Waals surface area contributed by atoms with Gasteiger partial charge in [0.1, 0.15) is 18.5 Å². The number of halogens is 1. The molecule has 0 fully saturated rings. The van der Waals surface area contributed by atoms with Crippen LogP contribution in [-0.4, -0.2) is 21.9 Å². The summed E-state index contributed by atoms with van der Waals surface area (Å²) in [6, 6.07) is 14.3. The molecule has 0 spiro atoms. The summed E-state index contributed by atoms with van der Waals surface area (Å²) in [5, 5.41) is 18.3. The van der Waals surface area contributed by atoms with Crippen molar-refractivity contribution in [2.24, 2.45) is 0 Å². The van der Waals surface area contributed by atoms with E-state index in [4.69, 9.17) is 20.8 Å². The molecule has 22 heavy (non-hydrogen) atoms. The molecule has 0 saturated heterocycles. The quantitative estimate of drug-likeness (QED) is 0.780. The van der Waals surface area contributed by atoms with Gasteiger partial charge in [-0.3, -0.25) is 0 Å². The Morgan fingerprint density at radius 2 is 1.91 bits per heavy atom. The molecule has 1 heterocycles. The Hall–Kier alpha value is -2.37. The number of benzene rings is 2. The molecule has 0 saturated carbocycles. The van der Waals surface area contributed by atoms with E-state index in [1.165, 1.54) is 6.39 Å². The van der Waals surface area contributed by atoms with Gasteiger partial charge in [0.2, 0.25) is 6.39 Å². The normalized spacial score (nSPS) is 12.1. The highest BCUT2D eigenvalue weighted by atomic mass is 35.5. The first-order valence-corrected chi connectivity index (χ1v) is 7.04. The monoisotopic (exact) mass is 316 g/mol. The largest absolute Gasteiger partial charge is 0.490 e. The van der Waals surface area contributed by atoms with Crippen LogP contribution in [0.4, 0.5) is 0 Å². The van der Waals surface area contributed by atoms with E-state index in [1.54, 1.807) is 30.3 Å². The van der Waals surface area contributed by atoms with Crippen LogP contribution >= 0.6 is 11.6 Å². The van der Waals surface area contributed by atoms with Gasteiger partial charge in [0.15, 0.2) is 0 Å². The lowest BCUT2D eigenvalue weighted by Crippen LogP contribution is -2.10. The van der Waals surface area contributed by atoms with Crippen molar-refractivity contribution in [1.29, 1.82) is 0 Å². The van der Waals surface area contributed by atoms with Crippen molar-refractivity contribution in [3.8, 4) is 17.2 Å². The molecule has 3 rings (SSSR count). The number of ether oxygens (including phenoxy) is 1. The number of hydrogen-bond donors (Lipinski definition) is 1. The highest BCUT2D eigenvalue weighted by Crippen LogP contribution is 2.29. The van der Waals surface area contributed by atoms with Crippen molar-refractivity contribution in [1.82, 2.24) is 10.2 Å². The molecule has 1 N–H and O–H groups in total. The molecule has 112 valence electrons. The number of hydrogen-bond acceptors (Lipinski definition) is 5. The molecule has 2 aromatic carbocycles. The molecule has 0 aliphatic carbocycles. The highest BCUT2D eigenvalue weighted by molar-refractivity contribution is 6.30. The van der Waals surface area contributed by atoms with Gasteiger partial charge in [-0.1, -0.05) is 35.9 Å². The van der Waals surface area contributed by atoms with E-state index >= 15 is 0 Å². The Morgan fingerprint density at radius 3 is 2.64 bits per heavy atom. The van der Waals surface area contributed by atoms with Gasteiger partial charge in [-0.25, -0.2) is 0 Å². The lowest BCUT2D eigenvalue weighted by Gasteiger charge is -2.14. The van der Waals surface area contributed by atoms with Gasteiger partial charge < -0.3 is 14.3 Å². The maximum absolute atomic E-state index is 10.2. The van der Waals surface area contributed by atoms with E-state index in [2.05, 4.69) is 10.2 Å². The van der Waals surface area contributed by atoms with Crippen LogP contribution in [0.15, 0.2) is 59.3 Å². The SMILES string of the molecule is OC(COc1ccccc1-c1nnco1)c1ccc(Cl)cc1. The smallest absolute Gasteiger partial charge is 0.251 e. The highest BCUT2D eigenvalue weighted by Gasteiger charge is 2.13. The summed E-state index contributed by atoms with van der Waals surface area (Å²) in [5.74, 6) is 0.941. The minimum atomic E-state index is -0.756. The first-order valence-electron chi connectivity index (χ1n) is 6.66. The minimum absolute atomic E-state index is 0.104. The first-order chi connectivity index (χ1) is 10.7. The zero-order chi connectivity index (χ0) is 15.4. The van der Waals surface area contributed by atoms with Gasteiger partial charge >= 0.3 is 0 Å². The molecule has 0 radical (unpaired) electrons. The molecule has 1 atom stereocenters. The van der Waals surface area contributed by atoms with Crippen molar-refractivity contribution < 1.29 is 14.3 Å². The topological polar surface area (TPSA) is 68.4 Å². The van der Waals surface area contributed by atoms with Crippen molar-refractivity contribution in [3.05, 3.63) is 65.5 Å². The first kappa shape index (κ1) is 14.6. The Morgan fingerprint density at radius 1 is 1.14 bits per heavy atom. The summed E-state index contributed by atoms with van der Waals surface area (Å²) in [6.07, 6.45) is 0.502. The van der Waals surface area contributed by atoms with Crippen LogP contribution in [-0.2, 0) is 0 Å². The van der Waals surface area contributed by atoms with E-state index in [0.717, 1.165) is 5.56 Å². The van der Waals surface area contributed by atoms with Crippen molar-refractivity contribution in [3.63, 3.8) is 0 Å². The fourth-order valence-corrected chi connectivity index (χ4v) is 2.14. The fraction of sp³-hybridized carbons (Fsp3) is 0.125. The van der Waals surface area contributed by atoms with Gasteiger partial charge in [0.25, 0.3) is 5.89 Å². The molecular weight excluding hydrogens is 304 g/mol. The number of rotatable bonds is 5. The lowest BCUT2D eigenvalue weighted by atomic mass is 10.1. The molecule has 0 aliphatic rings. The van der Waals surface area contributed by atoms with E-state index in [1.807, 2.05) is 18.2 Å². The number of aromatic nitrogens is 2. The van der Waals surface area contributed by atoms with Gasteiger partial charge in [-0.2, -0.15) is 0 Å². The number of aliphatic hydroxyl groups is 1. The van der Waals surface area contributed by atoms with Crippen LogP contribution in [0.5, 0.6) is 5.75 Å². The predicted molar refractivity (Wildman–Crippen MR) is 81.6 cm³/mol. The molecule has 3 aromatic rings. The molecule has 1 unspecified atom stereocenters. The Bertz CT molecular complexity index is 729. The van der Waals surface area contributed by atoms with Crippen LogP contribution in [0, 0.1) is 0 Å². The zero-order valence-corrected chi connectivity index (χ0v) is 12.3. The van der Waals surface area contributed by atoms with Gasteiger partial charge in [-0.05, 0) is 29.8 Å². The summed E-state index contributed by atoms with van der Waals surface area (Å²) in [4.78, 5) is 0. The number of nitrogens with zero attached hydrogens (tertiary/aromatic N) is 2. The van der Waals surface area contributed by atoms with Crippen LogP contribution < -0.4 is 4.74 Å². The molecule has 5 nitrogen and oxygen atoms in total. The molecule has 0 aliphatic heterocycles. The van der Waals surface area contributed by atoms with Crippen molar-refractivity contribution in [2.75, 3.05) is 6.61 Å². The average Bonchev–Trinajstić information content (AvgIpc) is 3.08. The molecule has 0 amide bonds. The third kappa shape index (κ3) is 3.27.